The average Bonchev–Trinajstić information content (AvgIpc) is 2.81. The van der Waals surface area contributed by atoms with Crippen LogP contribution in [-0.2, 0) is 4.79 Å². The van der Waals surface area contributed by atoms with Gasteiger partial charge in [-0.2, -0.15) is 5.10 Å². The molecule has 1 fully saturated rings. The van der Waals surface area contributed by atoms with E-state index in [1.807, 2.05) is 13.8 Å². The third-order valence-electron chi connectivity index (χ3n) is 3.35. The Labute approximate surface area is 116 Å². The van der Waals surface area contributed by atoms with E-state index >= 15 is 0 Å². The number of nitrogens with one attached hydrogen (secondary N) is 2. The lowest BCUT2D eigenvalue weighted by Gasteiger charge is -2.39. The third-order valence-corrected chi connectivity index (χ3v) is 4.51. The Bertz CT molecular complexity index is 423. The minimum absolute atomic E-state index is 0.158. The molecule has 3 N–H and O–H groups in total. The van der Waals surface area contributed by atoms with E-state index in [1.54, 1.807) is 11.8 Å². The van der Waals surface area contributed by atoms with Gasteiger partial charge in [-0.15, -0.1) is 0 Å². The summed E-state index contributed by atoms with van der Waals surface area (Å²) in [6.07, 6.45) is 4.71. The molecule has 1 saturated carbocycles. The fourth-order valence-corrected chi connectivity index (χ4v) is 3.85. The number of aliphatic carboxylic acids is 1. The van der Waals surface area contributed by atoms with Crippen molar-refractivity contribution in [2.45, 2.75) is 61.5 Å². The van der Waals surface area contributed by atoms with Gasteiger partial charge in [-0.1, -0.05) is 11.8 Å². The highest BCUT2D eigenvalue weighted by molar-refractivity contribution is 7.99. The summed E-state index contributed by atoms with van der Waals surface area (Å²) in [7, 11) is 0. The fourth-order valence-electron chi connectivity index (χ4n) is 2.67. The molecule has 2 unspecified atom stereocenters. The Kier molecular flexibility index (Phi) is 4.46. The molecule has 0 saturated heterocycles. The number of carbonyl (C=O) groups is 1. The van der Waals surface area contributed by atoms with Gasteiger partial charge in [-0.05, 0) is 39.5 Å². The maximum absolute atomic E-state index is 11.7. The van der Waals surface area contributed by atoms with Crippen molar-refractivity contribution in [1.29, 1.82) is 0 Å². The highest BCUT2D eigenvalue weighted by Crippen LogP contribution is 2.37. The zero-order valence-corrected chi connectivity index (χ0v) is 12.0. The number of carboxylic acid groups (broad SMARTS) is 1. The van der Waals surface area contributed by atoms with Gasteiger partial charge in [-0.25, -0.2) is 4.98 Å². The van der Waals surface area contributed by atoms with Gasteiger partial charge in [-0.3, -0.25) is 15.2 Å². The molecule has 1 aromatic rings. The lowest BCUT2D eigenvalue weighted by molar-refractivity contribution is -0.146. The number of thioether (sulfide) groups is 1. The number of aromatic nitrogens is 3. The Morgan fingerprint density at radius 3 is 3.05 bits per heavy atom. The van der Waals surface area contributed by atoms with E-state index in [0.29, 0.717) is 12.8 Å². The molecule has 0 amide bonds. The first-order chi connectivity index (χ1) is 9.02. The number of rotatable bonds is 5. The molecule has 1 aromatic heterocycles. The summed E-state index contributed by atoms with van der Waals surface area (Å²) in [6, 6.07) is 0.158. The summed E-state index contributed by atoms with van der Waals surface area (Å²) in [6.45, 7) is 3.97. The molecule has 0 aliphatic heterocycles. The standard InChI is InChI=1S/C12H20N4O2S/c1-8(2)15-12(10(17)18)5-3-4-9(6-12)19-11-13-7-14-16-11/h7-9,15H,3-6H2,1-2H3,(H,17,18)(H,13,14,16). The Balaban J connectivity index is 2.06. The number of nitrogens with zero attached hydrogens (tertiary/aromatic N) is 2. The van der Waals surface area contributed by atoms with E-state index in [2.05, 4.69) is 20.5 Å². The molecule has 0 aromatic carbocycles. The summed E-state index contributed by atoms with van der Waals surface area (Å²) < 4.78 is 0. The average molecular weight is 284 g/mol. The molecule has 0 spiro atoms. The molecule has 19 heavy (non-hydrogen) atoms. The second kappa shape index (κ2) is 5.92. The maximum atomic E-state index is 11.7. The molecular formula is C12H20N4O2S. The van der Waals surface area contributed by atoms with Gasteiger partial charge in [0.15, 0.2) is 5.16 Å². The molecule has 0 radical (unpaired) electrons. The smallest absolute Gasteiger partial charge is 0.323 e. The topological polar surface area (TPSA) is 90.9 Å². The molecule has 2 rings (SSSR count). The first kappa shape index (κ1) is 14.3. The molecule has 2 atom stereocenters. The van der Waals surface area contributed by atoms with Crippen LogP contribution in [0.25, 0.3) is 0 Å². The second-order valence-corrected chi connectivity index (χ2v) is 6.60. The van der Waals surface area contributed by atoms with Gasteiger partial charge >= 0.3 is 5.97 Å². The van der Waals surface area contributed by atoms with Gasteiger partial charge in [0.05, 0.1) is 0 Å². The summed E-state index contributed by atoms with van der Waals surface area (Å²) in [4.78, 5) is 15.7. The highest BCUT2D eigenvalue weighted by atomic mass is 32.2. The van der Waals surface area contributed by atoms with Crippen molar-refractivity contribution in [1.82, 2.24) is 20.5 Å². The first-order valence-corrected chi connectivity index (χ1v) is 7.43. The second-order valence-electron chi connectivity index (χ2n) is 5.31. The van der Waals surface area contributed by atoms with Crippen molar-refractivity contribution in [3.63, 3.8) is 0 Å². The number of aromatic amines is 1. The quantitative estimate of drug-likeness (QED) is 0.762. The largest absolute Gasteiger partial charge is 0.480 e. The van der Waals surface area contributed by atoms with Gasteiger partial charge in [0.25, 0.3) is 0 Å². The molecule has 1 heterocycles. The van der Waals surface area contributed by atoms with Crippen molar-refractivity contribution >= 4 is 17.7 Å². The van der Waals surface area contributed by atoms with Gasteiger partial charge in [0, 0.05) is 11.3 Å². The third kappa shape index (κ3) is 3.48. The van der Waals surface area contributed by atoms with Crippen molar-refractivity contribution in [3.05, 3.63) is 6.33 Å². The minimum atomic E-state index is -0.801. The van der Waals surface area contributed by atoms with Gasteiger partial charge in [0.1, 0.15) is 11.9 Å². The molecule has 7 heteroatoms. The molecule has 1 aliphatic rings. The Hall–Kier alpha value is -1.08. The van der Waals surface area contributed by atoms with Crippen LogP contribution in [0.2, 0.25) is 0 Å². The van der Waals surface area contributed by atoms with Crippen LogP contribution in [0.1, 0.15) is 39.5 Å². The van der Waals surface area contributed by atoms with Crippen LogP contribution in [0, 0.1) is 0 Å². The van der Waals surface area contributed by atoms with E-state index in [-0.39, 0.29) is 11.3 Å². The van der Waals surface area contributed by atoms with Crippen molar-refractivity contribution in [2.24, 2.45) is 0 Å². The first-order valence-electron chi connectivity index (χ1n) is 6.55. The zero-order valence-electron chi connectivity index (χ0n) is 11.2. The zero-order chi connectivity index (χ0) is 13.9. The van der Waals surface area contributed by atoms with Crippen LogP contribution >= 0.6 is 11.8 Å². The van der Waals surface area contributed by atoms with Gasteiger partial charge < -0.3 is 5.11 Å². The monoisotopic (exact) mass is 284 g/mol. The predicted molar refractivity (Wildman–Crippen MR) is 73.1 cm³/mol. The molecule has 106 valence electrons. The predicted octanol–water partition coefficient (Wildman–Crippen LogP) is 1.66. The van der Waals surface area contributed by atoms with E-state index < -0.39 is 11.5 Å². The number of hydrogen-bond donors (Lipinski definition) is 3. The molecule has 1 aliphatic carbocycles. The Morgan fingerprint density at radius 2 is 2.47 bits per heavy atom. The summed E-state index contributed by atoms with van der Waals surface area (Å²) in [5.74, 6) is -0.746. The number of carboxylic acids is 1. The number of H-pyrrole nitrogens is 1. The molecule has 0 bridgehead atoms. The van der Waals surface area contributed by atoms with Crippen molar-refractivity contribution in [3.8, 4) is 0 Å². The minimum Gasteiger partial charge on any atom is -0.480 e. The van der Waals surface area contributed by atoms with Crippen LogP contribution in [0.15, 0.2) is 11.5 Å². The number of hydrogen-bond acceptors (Lipinski definition) is 5. The molecular weight excluding hydrogens is 264 g/mol. The summed E-state index contributed by atoms with van der Waals surface area (Å²) in [5.41, 5.74) is -0.801. The van der Waals surface area contributed by atoms with E-state index in [9.17, 15) is 9.90 Å². The summed E-state index contributed by atoms with van der Waals surface area (Å²) >= 11 is 1.59. The lowest BCUT2D eigenvalue weighted by Crippen LogP contribution is -2.57. The van der Waals surface area contributed by atoms with E-state index in [0.717, 1.165) is 18.0 Å². The SMILES string of the molecule is CC(C)NC1(C(=O)O)CCCC(Sc2ncn[nH]2)C1. The lowest BCUT2D eigenvalue weighted by atomic mass is 9.81. The summed E-state index contributed by atoms with van der Waals surface area (Å²) in [5, 5.41) is 20.5. The van der Waals surface area contributed by atoms with Crippen LogP contribution in [0.4, 0.5) is 0 Å². The van der Waals surface area contributed by atoms with Crippen molar-refractivity contribution < 1.29 is 9.90 Å². The van der Waals surface area contributed by atoms with Crippen LogP contribution < -0.4 is 5.32 Å². The van der Waals surface area contributed by atoms with E-state index in [1.165, 1.54) is 6.33 Å². The fraction of sp³-hybridized carbons (Fsp3) is 0.750. The van der Waals surface area contributed by atoms with Gasteiger partial charge in [0.2, 0.25) is 0 Å². The van der Waals surface area contributed by atoms with Crippen LogP contribution in [-0.4, -0.2) is 43.1 Å². The van der Waals surface area contributed by atoms with Crippen LogP contribution in [0.3, 0.4) is 0 Å². The highest BCUT2D eigenvalue weighted by Gasteiger charge is 2.43. The Morgan fingerprint density at radius 1 is 1.68 bits per heavy atom. The van der Waals surface area contributed by atoms with E-state index in [4.69, 9.17) is 0 Å². The maximum Gasteiger partial charge on any atom is 0.323 e. The van der Waals surface area contributed by atoms with Crippen LogP contribution in [0.5, 0.6) is 0 Å². The molecule has 6 nitrogen and oxygen atoms in total. The van der Waals surface area contributed by atoms with Crippen molar-refractivity contribution in [2.75, 3.05) is 0 Å². The normalized spacial score (nSPS) is 27.6.